The Hall–Kier alpha value is -2.34. The average molecular weight is 378 g/mol. The summed E-state index contributed by atoms with van der Waals surface area (Å²) in [6.07, 6.45) is 11.3. The van der Waals surface area contributed by atoms with Crippen LogP contribution in [0, 0.1) is 29.5 Å². The molecule has 1 N–H and O–H groups in total. The average Bonchev–Trinajstić information content (AvgIpc) is 3.07. The molecular formula is C22H23FN4O. The van der Waals surface area contributed by atoms with Crippen LogP contribution in [0.2, 0.25) is 0 Å². The van der Waals surface area contributed by atoms with E-state index in [1.54, 1.807) is 22.9 Å². The Balaban J connectivity index is 1.31. The predicted octanol–water partition coefficient (Wildman–Crippen LogP) is 3.66. The molecule has 4 saturated carbocycles. The number of imidazole rings is 1. The molecule has 4 fully saturated rings. The van der Waals surface area contributed by atoms with Gasteiger partial charge in [0.1, 0.15) is 17.2 Å². The minimum Gasteiger partial charge on any atom is -0.390 e. The molecule has 4 aliphatic rings. The van der Waals surface area contributed by atoms with Crippen molar-refractivity contribution in [1.82, 2.24) is 19.4 Å². The molecule has 0 spiro atoms. The molecule has 7 rings (SSSR count). The Morgan fingerprint density at radius 3 is 2.71 bits per heavy atom. The standard InChI is InChI=1S/C22H23FN4O/c23-16-1-2-20-25-11-19(27(20)12-16)21-24-4-3-17(26-21)7-18-14-5-13-6-15(18)10-22(28,8-13)9-14/h1-4,11-15,18,28H,5-10H2. The predicted molar refractivity (Wildman–Crippen MR) is 102 cm³/mol. The second-order valence-electron chi connectivity index (χ2n) is 9.15. The molecule has 0 saturated heterocycles. The molecule has 0 aromatic carbocycles. The van der Waals surface area contributed by atoms with Crippen molar-refractivity contribution in [3.05, 3.63) is 48.3 Å². The van der Waals surface area contributed by atoms with Gasteiger partial charge in [-0.25, -0.2) is 19.3 Å². The second kappa shape index (κ2) is 5.83. The number of halogens is 1. The van der Waals surface area contributed by atoms with Gasteiger partial charge in [0.25, 0.3) is 0 Å². The molecule has 28 heavy (non-hydrogen) atoms. The highest BCUT2D eigenvalue weighted by molar-refractivity contribution is 5.56. The molecule has 2 unspecified atom stereocenters. The van der Waals surface area contributed by atoms with Gasteiger partial charge in [-0.1, -0.05) is 0 Å². The summed E-state index contributed by atoms with van der Waals surface area (Å²) >= 11 is 0. The Labute approximate surface area is 162 Å². The fourth-order valence-corrected chi connectivity index (χ4v) is 6.41. The van der Waals surface area contributed by atoms with E-state index in [2.05, 4.69) is 9.97 Å². The van der Waals surface area contributed by atoms with Crippen LogP contribution in [0.25, 0.3) is 17.2 Å². The van der Waals surface area contributed by atoms with Gasteiger partial charge in [-0.15, -0.1) is 0 Å². The minimum absolute atomic E-state index is 0.311. The Kier molecular flexibility index (Phi) is 3.46. The number of aromatic nitrogens is 4. The Morgan fingerprint density at radius 1 is 1.11 bits per heavy atom. The van der Waals surface area contributed by atoms with E-state index < -0.39 is 5.60 Å². The summed E-state index contributed by atoms with van der Waals surface area (Å²) in [6.45, 7) is 0. The lowest BCUT2D eigenvalue weighted by Gasteiger charge is -2.58. The van der Waals surface area contributed by atoms with Gasteiger partial charge in [-0.2, -0.15) is 0 Å². The highest BCUT2D eigenvalue weighted by atomic mass is 19.1. The molecule has 5 nitrogen and oxygen atoms in total. The van der Waals surface area contributed by atoms with Crippen molar-refractivity contribution in [3.63, 3.8) is 0 Å². The summed E-state index contributed by atoms with van der Waals surface area (Å²) in [5.74, 6) is 2.80. The van der Waals surface area contributed by atoms with Gasteiger partial charge < -0.3 is 5.11 Å². The third-order valence-electron chi connectivity index (χ3n) is 7.29. The van der Waals surface area contributed by atoms with Gasteiger partial charge >= 0.3 is 0 Å². The van der Waals surface area contributed by atoms with Crippen LogP contribution in [0.5, 0.6) is 0 Å². The fourth-order valence-electron chi connectivity index (χ4n) is 6.41. The SMILES string of the molecule is OC12CC3CC(C1)C(Cc1ccnc(-c4cnc5ccc(F)cn45)n1)C(C3)C2. The van der Waals surface area contributed by atoms with Crippen LogP contribution >= 0.6 is 0 Å². The van der Waals surface area contributed by atoms with Crippen LogP contribution in [-0.2, 0) is 6.42 Å². The lowest BCUT2D eigenvalue weighted by molar-refractivity contribution is -0.151. The quantitative estimate of drug-likeness (QED) is 0.755. The number of hydrogen-bond donors (Lipinski definition) is 1. The molecular weight excluding hydrogens is 355 g/mol. The van der Waals surface area contributed by atoms with Gasteiger partial charge in [0.05, 0.1) is 11.8 Å². The molecule has 144 valence electrons. The summed E-state index contributed by atoms with van der Waals surface area (Å²) in [4.78, 5) is 13.6. The summed E-state index contributed by atoms with van der Waals surface area (Å²) < 4.78 is 15.4. The maximum Gasteiger partial charge on any atom is 0.178 e. The van der Waals surface area contributed by atoms with Crippen molar-refractivity contribution in [1.29, 1.82) is 0 Å². The van der Waals surface area contributed by atoms with Crippen LogP contribution in [0.1, 0.15) is 37.8 Å². The van der Waals surface area contributed by atoms with Crippen LogP contribution in [-0.4, -0.2) is 30.1 Å². The zero-order valence-electron chi connectivity index (χ0n) is 15.6. The molecule has 3 aromatic heterocycles. The summed E-state index contributed by atoms with van der Waals surface area (Å²) in [5.41, 5.74) is 2.01. The first-order valence-corrected chi connectivity index (χ1v) is 10.2. The molecule has 3 heterocycles. The van der Waals surface area contributed by atoms with Gasteiger partial charge in [0.2, 0.25) is 0 Å². The Bertz CT molecular complexity index is 1050. The van der Waals surface area contributed by atoms with E-state index in [1.807, 2.05) is 6.07 Å². The number of hydrogen-bond acceptors (Lipinski definition) is 4. The van der Waals surface area contributed by atoms with E-state index in [1.165, 1.54) is 25.1 Å². The lowest BCUT2D eigenvalue weighted by Crippen LogP contribution is -2.55. The van der Waals surface area contributed by atoms with Crippen LogP contribution in [0.4, 0.5) is 4.39 Å². The van der Waals surface area contributed by atoms with E-state index in [0.29, 0.717) is 40.8 Å². The zero-order chi connectivity index (χ0) is 18.9. The number of pyridine rings is 1. The van der Waals surface area contributed by atoms with Crippen molar-refractivity contribution in [2.75, 3.05) is 0 Å². The Morgan fingerprint density at radius 2 is 1.93 bits per heavy atom. The molecule has 0 aliphatic heterocycles. The maximum absolute atomic E-state index is 13.7. The molecule has 4 bridgehead atoms. The minimum atomic E-state index is -0.398. The number of fused-ring (bicyclic) bond motifs is 1. The molecule has 4 aliphatic carbocycles. The summed E-state index contributed by atoms with van der Waals surface area (Å²) in [5, 5.41) is 10.8. The number of aliphatic hydroxyl groups is 1. The summed E-state index contributed by atoms with van der Waals surface area (Å²) in [7, 11) is 0. The second-order valence-corrected chi connectivity index (χ2v) is 9.15. The van der Waals surface area contributed by atoms with E-state index >= 15 is 0 Å². The molecule has 3 aromatic rings. The lowest BCUT2D eigenvalue weighted by atomic mass is 9.49. The zero-order valence-corrected chi connectivity index (χ0v) is 15.6. The van der Waals surface area contributed by atoms with Crippen molar-refractivity contribution in [2.24, 2.45) is 23.7 Å². The van der Waals surface area contributed by atoms with E-state index in [0.717, 1.165) is 31.4 Å². The largest absolute Gasteiger partial charge is 0.390 e. The van der Waals surface area contributed by atoms with E-state index in [-0.39, 0.29) is 5.82 Å². The number of nitrogens with zero attached hydrogens (tertiary/aromatic N) is 4. The first-order chi connectivity index (χ1) is 13.6. The molecule has 0 amide bonds. The van der Waals surface area contributed by atoms with E-state index in [9.17, 15) is 9.50 Å². The van der Waals surface area contributed by atoms with E-state index in [4.69, 9.17) is 4.98 Å². The highest BCUT2D eigenvalue weighted by Crippen LogP contribution is 2.58. The van der Waals surface area contributed by atoms with Crippen molar-refractivity contribution >= 4 is 5.65 Å². The van der Waals surface area contributed by atoms with Gasteiger partial charge in [-0.05, 0) is 80.4 Å². The van der Waals surface area contributed by atoms with Crippen molar-refractivity contribution < 1.29 is 9.50 Å². The molecule has 2 atom stereocenters. The van der Waals surface area contributed by atoms with Crippen molar-refractivity contribution in [3.8, 4) is 11.5 Å². The monoisotopic (exact) mass is 378 g/mol. The third-order valence-corrected chi connectivity index (χ3v) is 7.29. The van der Waals surface area contributed by atoms with Gasteiger partial charge in [-0.3, -0.25) is 4.40 Å². The first kappa shape index (κ1) is 16.6. The topological polar surface area (TPSA) is 63.3 Å². The van der Waals surface area contributed by atoms with Crippen molar-refractivity contribution in [2.45, 2.75) is 44.1 Å². The maximum atomic E-state index is 13.7. The first-order valence-electron chi connectivity index (χ1n) is 10.2. The number of rotatable bonds is 3. The normalized spacial score (nSPS) is 33.6. The molecule has 0 radical (unpaired) electrons. The van der Waals surface area contributed by atoms with Gasteiger partial charge in [0, 0.05) is 18.1 Å². The molecule has 6 heteroatoms. The van der Waals surface area contributed by atoms with Crippen LogP contribution in [0.3, 0.4) is 0 Å². The summed E-state index contributed by atoms with van der Waals surface area (Å²) in [6, 6.07) is 5.05. The highest BCUT2D eigenvalue weighted by Gasteiger charge is 2.54. The fraction of sp³-hybridized carbons (Fsp3) is 0.500. The third kappa shape index (κ3) is 2.58. The van der Waals surface area contributed by atoms with Gasteiger partial charge in [0.15, 0.2) is 5.82 Å². The van der Waals surface area contributed by atoms with Crippen LogP contribution in [0.15, 0.2) is 36.8 Å². The van der Waals surface area contributed by atoms with Crippen LogP contribution < -0.4 is 0 Å². The smallest absolute Gasteiger partial charge is 0.178 e.